The number of aryl methyl sites for hydroxylation is 1. The monoisotopic (exact) mass is 460 g/mol. The maximum absolute atomic E-state index is 13.1. The number of benzene rings is 3. The third-order valence-electron chi connectivity index (χ3n) is 5.37. The lowest BCUT2D eigenvalue weighted by Gasteiger charge is -2.23. The van der Waals surface area contributed by atoms with Gasteiger partial charge in [0.1, 0.15) is 12.6 Å². The maximum atomic E-state index is 13.1. The van der Waals surface area contributed by atoms with Gasteiger partial charge in [0.05, 0.1) is 5.94 Å². The molecule has 0 heterocycles. The molecule has 8 heteroatoms. The van der Waals surface area contributed by atoms with Crippen LogP contribution in [0.5, 0.6) is 0 Å². The van der Waals surface area contributed by atoms with Gasteiger partial charge in [0, 0.05) is 0 Å². The van der Waals surface area contributed by atoms with Crippen molar-refractivity contribution in [2.24, 2.45) is 0 Å². The minimum absolute atomic E-state index is 0.0751. The molecule has 3 rings (SSSR count). The van der Waals surface area contributed by atoms with Gasteiger partial charge in [0.25, 0.3) is 0 Å². The van der Waals surface area contributed by atoms with Gasteiger partial charge in [-0.3, -0.25) is 4.79 Å². The van der Waals surface area contributed by atoms with Gasteiger partial charge in [-0.25, -0.2) is 4.79 Å². The second-order valence-electron chi connectivity index (χ2n) is 8.00. The van der Waals surface area contributed by atoms with E-state index in [2.05, 4.69) is 10.6 Å². The van der Waals surface area contributed by atoms with Crippen molar-refractivity contribution in [1.82, 2.24) is 10.6 Å². The third-order valence-corrected chi connectivity index (χ3v) is 5.37. The quantitative estimate of drug-likeness (QED) is 0.329. The first-order chi connectivity index (χ1) is 16.5. The molecule has 0 saturated carbocycles. The Balaban J connectivity index is 1.64. The Morgan fingerprint density at radius 1 is 0.765 bits per heavy atom. The summed E-state index contributed by atoms with van der Waals surface area (Å²) in [5.41, 5.74) is 2.69. The van der Waals surface area contributed by atoms with Crippen LogP contribution in [0, 0.1) is 0 Å². The topological polar surface area (TPSA) is 108 Å². The molecule has 0 saturated heterocycles. The van der Waals surface area contributed by atoms with Crippen molar-refractivity contribution >= 4 is 19.1 Å². The fourth-order valence-corrected chi connectivity index (χ4v) is 3.51. The number of amides is 2. The number of hydrogen-bond acceptors (Lipinski definition) is 5. The molecule has 0 aliphatic heterocycles. The summed E-state index contributed by atoms with van der Waals surface area (Å²) in [5, 5.41) is 25.0. The first-order valence-electron chi connectivity index (χ1n) is 11.2. The summed E-state index contributed by atoms with van der Waals surface area (Å²) in [6, 6.07) is 27.1. The summed E-state index contributed by atoms with van der Waals surface area (Å²) in [7, 11) is -1.76. The highest BCUT2D eigenvalue weighted by molar-refractivity contribution is 6.43. The molecule has 0 aliphatic rings. The van der Waals surface area contributed by atoms with E-state index in [1.165, 1.54) is 0 Å². The fourth-order valence-electron chi connectivity index (χ4n) is 3.51. The minimum Gasteiger partial charge on any atom is -0.445 e. The van der Waals surface area contributed by atoms with Crippen molar-refractivity contribution in [3.05, 3.63) is 108 Å². The van der Waals surface area contributed by atoms with Gasteiger partial charge >= 0.3 is 13.2 Å². The zero-order valence-electron chi connectivity index (χ0n) is 18.8. The van der Waals surface area contributed by atoms with E-state index in [1.807, 2.05) is 91.0 Å². The Hall–Kier alpha value is -3.62. The van der Waals surface area contributed by atoms with Crippen LogP contribution in [0.3, 0.4) is 0 Å². The molecule has 0 aliphatic carbocycles. The van der Waals surface area contributed by atoms with E-state index < -0.39 is 31.1 Å². The highest BCUT2D eigenvalue weighted by Gasteiger charge is 2.29. The molecule has 0 fully saturated rings. The number of nitrogens with one attached hydrogen (secondary N) is 2. The van der Waals surface area contributed by atoms with Crippen LogP contribution >= 0.6 is 0 Å². The molecule has 0 aromatic heterocycles. The number of rotatable bonds is 11. The van der Waals surface area contributed by atoms with Crippen LogP contribution in [-0.4, -0.2) is 41.1 Å². The summed E-state index contributed by atoms with van der Waals surface area (Å²) < 4.78 is 5.28. The van der Waals surface area contributed by atoms with E-state index in [9.17, 15) is 19.6 Å². The van der Waals surface area contributed by atoms with E-state index in [1.54, 1.807) is 0 Å². The Morgan fingerprint density at radius 2 is 1.29 bits per heavy atom. The molecule has 176 valence electrons. The van der Waals surface area contributed by atoms with Crippen LogP contribution < -0.4 is 10.6 Å². The first-order valence-corrected chi connectivity index (χ1v) is 11.2. The molecule has 3 aromatic carbocycles. The van der Waals surface area contributed by atoms with Gasteiger partial charge in [0.15, 0.2) is 0 Å². The number of ether oxygens (including phenoxy) is 1. The van der Waals surface area contributed by atoms with Crippen LogP contribution in [0.25, 0.3) is 0 Å². The molecule has 3 aromatic rings. The lowest BCUT2D eigenvalue weighted by atomic mass is 9.75. The highest BCUT2D eigenvalue weighted by Crippen LogP contribution is 2.09. The van der Waals surface area contributed by atoms with Crippen molar-refractivity contribution in [2.45, 2.75) is 37.9 Å². The molecule has 4 N–H and O–H groups in total. The molecule has 34 heavy (non-hydrogen) atoms. The second-order valence-corrected chi connectivity index (χ2v) is 8.00. The number of alkyl carbamates (subject to hydrolysis) is 1. The Labute approximate surface area is 199 Å². The fraction of sp³-hybridized carbons (Fsp3) is 0.231. The van der Waals surface area contributed by atoms with Crippen molar-refractivity contribution in [3.63, 3.8) is 0 Å². The predicted molar refractivity (Wildman–Crippen MR) is 131 cm³/mol. The zero-order chi connectivity index (χ0) is 24.2. The van der Waals surface area contributed by atoms with Crippen molar-refractivity contribution in [1.29, 1.82) is 0 Å². The molecule has 0 unspecified atom stereocenters. The van der Waals surface area contributed by atoms with Gasteiger partial charge in [-0.15, -0.1) is 0 Å². The average Bonchev–Trinajstić information content (AvgIpc) is 2.86. The Bertz CT molecular complexity index is 1020. The minimum atomic E-state index is -1.76. The summed E-state index contributed by atoms with van der Waals surface area (Å²) in [6.07, 6.45) is 0.369. The highest BCUT2D eigenvalue weighted by atomic mass is 16.5. The predicted octanol–water partition coefficient (Wildman–Crippen LogP) is 2.65. The second kappa shape index (κ2) is 13.2. The van der Waals surface area contributed by atoms with E-state index in [-0.39, 0.29) is 13.0 Å². The Kier molecular flexibility index (Phi) is 9.70. The largest absolute Gasteiger partial charge is 0.475 e. The van der Waals surface area contributed by atoms with Crippen LogP contribution in [0.4, 0.5) is 4.79 Å². The molecular formula is C26H29BN2O5. The summed E-state index contributed by atoms with van der Waals surface area (Å²) in [5.74, 6) is -1.45. The summed E-state index contributed by atoms with van der Waals surface area (Å²) >= 11 is 0. The van der Waals surface area contributed by atoms with E-state index in [4.69, 9.17) is 4.74 Å². The Morgan fingerprint density at radius 3 is 1.85 bits per heavy atom. The van der Waals surface area contributed by atoms with E-state index in [0.717, 1.165) is 16.7 Å². The lowest BCUT2D eigenvalue weighted by Crippen LogP contribution is -2.54. The molecule has 7 nitrogen and oxygen atoms in total. The average molecular weight is 460 g/mol. The van der Waals surface area contributed by atoms with Gasteiger partial charge < -0.3 is 25.4 Å². The molecule has 2 atom stereocenters. The summed E-state index contributed by atoms with van der Waals surface area (Å²) in [4.78, 5) is 25.5. The summed E-state index contributed by atoms with van der Waals surface area (Å²) in [6.45, 7) is 0.0751. The standard InChI is InChI=1S/C26H29BN2O5/c30-25(29-24(27(32)33)18-21-12-6-2-7-13-21)23(17-16-20-10-4-1-5-11-20)28-26(31)34-19-22-14-8-3-9-15-22/h1-15,23-24,32-33H,16-19H2,(H,28,31)(H,29,30)/t23-,24-/m0/s1. The smallest absolute Gasteiger partial charge is 0.445 e. The van der Waals surface area contributed by atoms with Crippen LogP contribution in [0.15, 0.2) is 91.0 Å². The van der Waals surface area contributed by atoms with E-state index >= 15 is 0 Å². The van der Waals surface area contributed by atoms with Crippen molar-refractivity contribution in [3.8, 4) is 0 Å². The SMILES string of the molecule is O=C(N[C@@H](CCc1ccccc1)C(=O)N[C@@H](Cc1ccccc1)B(O)O)OCc1ccccc1. The first kappa shape index (κ1) is 25.0. The lowest BCUT2D eigenvalue weighted by molar-refractivity contribution is -0.123. The third kappa shape index (κ3) is 8.39. The van der Waals surface area contributed by atoms with Gasteiger partial charge in [-0.2, -0.15) is 0 Å². The molecule has 0 bridgehead atoms. The maximum Gasteiger partial charge on any atom is 0.475 e. The van der Waals surface area contributed by atoms with Gasteiger partial charge in [-0.05, 0) is 36.0 Å². The number of carbonyl (C=O) groups is 2. The van der Waals surface area contributed by atoms with Crippen LogP contribution in [0.1, 0.15) is 23.1 Å². The molecule has 0 radical (unpaired) electrons. The normalized spacial score (nSPS) is 12.3. The number of carbonyl (C=O) groups excluding carboxylic acids is 2. The molecular weight excluding hydrogens is 431 g/mol. The molecule has 2 amide bonds. The van der Waals surface area contributed by atoms with Crippen LogP contribution in [-0.2, 0) is 29.0 Å². The van der Waals surface area contributed by atoms with Crippen LogP contribution in [0.2, 0.25) is 0 Å². The van der Waals surface area contributed by atoms with Crippen molar-refractivity contribution < 1.29 is 24.4 Å². The van der Waals surface area contributed by atoms with Crippen molar-refractivity contribution in [2.75, 3.05) is 0 Å². The zero-order valence-corrected chi connectivity index (χ0v) is 18.8. The van der Waals surface area contributed by atoms with E-state index in [0.29, 0.717) is 12.8 Å². The molecule has 0 spiro atoms. The number of hydrogen-bond donors (Lipinski definition) is 4. The van der Waals surface area contributed by atoms with Gasteiger partial charge in [-0.1, -0.05) is 91.0 Å². The van der Waals surface area contributed by atoms with Gasteiger partial charge in [0.2, 0.25) is 5.91 Å².